The molecule has 27 heavy (non-hydrogen) atoms. The second kappa shape index (κ2) is 7.98. The van der Waals surface area contributed by atoms with E-state index >= 15 is 0 Å². The molecule has 0 saturated carbocycles. The van der Waals surface area contributed by atoms with Crippen LogP contribution >= 0.6 is 0 Å². The predicted molar refractivity (Wildman–Crippen MR) is 103 cm³/mol. The minimum absolute atomic E-state index is 0.0261. The van der Waals surface area contributed by atoms with Crippen LogP contribution in [0.4, 0.5) is 4.39 Å². The van der Waals surface area contributed by atoms with E-state index in [4.69, 9.17) is 5.10 Å². The van der Waals surface area contributed by atoms with Crippen molar-refractivity contribution < 1.29 is 9.50 Å². The summed E-state index contributed by atoms with van der Waals surface area (Å²) in [5.41, 5.74) is 4.95. The molecule has 1 aliphatic heterocycles. The molecule has 0 radical (unpaired) electrons. The van der Waals surface area contributed by atoms with Crippen molar-refractivity contribution in [2.75, 3.05) is 19.7 Å². The van der Waals surface area contributed by atoms with E-state index in [9.17, 15) is 9.50 Å². The molecule has 140 valence electrons. The van der Waals surface area contributed by atoms with E-state index in [-0.39, 0.29) is 12.4 Å². The molecule has 4 rings (SSSR count). The standard InChI is InChI=1S/C21H23FN4O/c22-18-3-1-16(2-4-18)20-19(15-5-9-23-10-6-15)21(26(25-20)13-14-27)17-7-11-24-12-8-17/h1-6,9-10,17,24,27H,7-8,11-14H2. The molecule has 2 aromatic heterocycles. The number of pyridine rings is 1. The van der Waals surface area contributed by atoms with Crippen LogP contribution in [-0.4, -0.2) is 39.6 Å². The summed E-state index contributed by atoms with van der Waals surface area (Å²) >= 11 is 0. The van der Waals surface area contributed by atoms with E-state index in [1.165, 1.54) is 12.1 Å². The highest BCUT2D eigenvalue weighted by Crippen LogP contribution is 2.40. The van der Waals surface area contributed by atoms with Crippen LogP contribution in [0.2, 0.25) is 0 Å². The molecule has 1 aromatic carbocycles. The second-order valence-corrected chi connectivity index (χ2v) is 6.82. The number of hydrogen-bond donors (Lipinski definition) is 2. The molecule has 1 fully saturated rings. The Kier molecular flexibility index (Phi) is 5.27. The van der Waals surface area contributed by atoms with E-state index in [2.05, 4.69) is 10.3 Å². The Bertz CT molecular complexity index is 887. The SMILES string of the molecule is OCCn1nc(-c2ccc(F)cc2)c(-c2ccncc2)c1C1CCNCC1. The number of halogens is 1. The molecule has 2 N–H and O–H groups in total. The summed E-state index contributed by atoms with van der Waals surface area (Å²) in [7, 11) is 0. The van der Waals surface area contributed by atoms with Crippen LogP contribution in [0.5, 0.6) is 0 Å². The van der Waals surface area contributed by atoms with Crippen molar-refractivity contribution in [3.05, 3.63) is 60.3 Å². The molecule has 6 heteroatoms. The molecule has 0 spiro atoms. The third kappa shape index (κ3) is 3.63. The fourth-order valence-electron chi connectivity index (χ4n) is 3.86. The number of aliphatic hydroxyl groups is 1. The van der Waals surface area contributed by atoms with Crippen molar-refractivity contribution in [1.82, 2.24) is 20.1 Å². The van der Waals surface area contributed by atoms with Gasteiger partial charge in [-0.15, -0.1) is 0 Å². The number of nitrogens with one attached hydrogen (secondary N) is 1. The monoisotopic (exact) mass is 366 g/mol. The van der Waals surface area contributed by atoms with Gasteiger partial charge in [0.1, 0.15) is 11.5 Å². The van der Waals surface area contributed by atoms with Gasteiger partial charge in [0.15, 0.2) is 0 Å². The number of rotatable bonds is 5. The lowest BCUT2D eigenvalue weighted by atomic mass is 9.88. The Morgan fingerprint density at radius 1 is 1.04 bits per heavy atom. The van der Waals surface area contributed by atoms with Crippen molar-refractivity contribution in [3.63, 3.8) is 0 Å². The molecule has 3 heterocycles. The molecular weight excluding hydrogens is 343 g/mol. The smallest absolute Gasteiger partial charge is 0.123 e. The van der Waals surface area contributed by atoms with Gasteiger partial charge in [0.05, 0.1) is 18.8 Å². The van der Waals surface area contributed by atoms with Crippen LogP contribution in [0.15, 0.2) is 48.8 Å². The van der Waals surface area contributed by atoms with Crippen molar-refractivity contribution in [2.24, 2.45) is 0 Å². The second-order valence-electron chi connectivity index (χ2n) is 6.82. The van der Waals surface area contributed by atoms with Crippen LogP contribution in [0.25, 0.3) is 22.4 Å². The summed E-state index contributed by atoms with van der Waals surface area (Å²) in [6.45, 7) is 2.41. The highest BCUT2D eigenvalue weighted by Gasteiger charge is 2.27. The Labute approximate surface area is 157 Å². The minimum atomic E-state index is -0.266. The van der Waals surface area contributed by atoms with Gasteiger partial charge in [-0.3, -0.25) is 9.67 Å². The minimum Gasteiger partial charge on any atom is -0.394 e. The molecule has 0 unspecified atom stereocenters. The van der Waals surface area contributed by atoms with Crippen LogP contribution < -0.4 is 5.32 Å². The fraction of sp³-hybridized carbons (Fsp3) is 0.333. The lowest BCUT2D eigenvalue weighted by molar-refractivity contribution is 0.264. The third-order valence-corrected chi connectivity index (χ3v) is 5.12. The van der Waals surface area contributed by atoms with Crippen molar-refractivity contribution in [1.29, 1.82) is 0 Å². The Balaban J connectivity index is 1.93. The number of aliphatic hydroxyl groups excluding tert-OH is 1. The van der Waals surface area contributed by atoms with Gasteiger partial charge in [-0.05, 0) is 67.9 Å². The zero-order chi connectivity index (χ0) is 18.6. The number of piperidine rings is 1. The summed E-state index contributed by atoms with van der Waals surface area (Å²) in [5, 5.41) is 17.8. The van der Waals surface area contributed by atoms with Gasteiger partial charge in [0.25, 0.3) is 0 Å². The number of hydrogen-bond acceptors (Lipinski definition) is 4. The first-order chi connectivity index (χ1) is 13.3. The number of aromatic nitrogens is 3. The first-order valence-electron chi connectivity index (χ1n) is 9.36. The Hall–Kier alpha value is -2.57. The van der Waals surface area contributed by atoms with Crippen LogP contribution in [-0.2, 0) is 6.54 Å². The quantitative estimate of drug-likeness (QED) is 0.728. The van der Waals surface area contributed by atoms with Gasteiger partial charge < -0.3 is 10.4 Å². The Morgan fingerprint density at radius 2 is 1.74 bits per heavy atom. The summed E-state index contributed by atoms with van der Waals surface area (Å²) in [6.07, 6.45) is 5.61. The molecule has 5 nitrogen and oxygen atoms in total. The van der Waals surface area contributed by atoms with Crippen molar-refractivity contribution >= 4 is 0 Å². The summed E-state index contributed by atoms with van der Waals surface area (Å²) in [6, 6.07) is 10.4. The lowest BCUT2D eigenvalue weighted by Crippen LogP contribution is -2.28. The van der Waals surface area contributed by atoms with Gasteiger partial charge in [-0.1, -0.05) is 0 Å². The predicted octanol–water partition coefficient (Wildman–Crippen LogP) is 3.21. The van der Waals surface area contributed by atoms with Gasteiger partial charge in [-0.2, -0.15) is 5.10 Å². The van der Waals surface area contributed by atoms with Crippen molar-refractivity contribution in [2.45, 2.75) is 25.3 Å². The maximum Gasteiger partial charge on any atom is 0.123 e. The van der Waals surface area contributed by atoms with Gasteiger partial charge >= 0.3 is 0 Å². The maximum atomic E-state index is 13.4. The maximum absolute atomic E-state index is 13.4. The summed E-state index contributed by atoms with van der Waals surface area (Å²) in [5.74, 6) is 0.0974. The van der Waals surface area contributed by atoms with Crippen molar-refractivity contribution in [3.8, 4) is 22.4 Å². The highest BCUT2D eigenvalue weighted by molar-refractivity contribution is 5.83. The zero-order valence-corrected chi connectivity index (χ0v) is 15.1. The first kappa shape index (κ1) is 17.8. The molecule has 0 atom stereocenters. The van der Waals surface area contributed by atoms with Crippen LogP contribution in [0, 0.1) is 5.82 Å². The molecule has 1 aliphatic rings. The van der Waals surface area contributed by atoms with E-state index in [0.717, 1.165) is 54.0 Å². The molecule has 0 bridgehead atoms. The fourth-order valence-corrected chi connectivity index (χ4v) is 3.86. The van der Waals surface area contributed by atoms with Crippen LogP contribution in [0.3, 0.4) is 0 Å². The lowest BCUT2D eigenvalue weighted by Gasteiger charge is -2.25. The van der Waals surface area contributed by atoms with Crippen LogP contribution in [0.1, 0.15) is 24.5 Å². The van der Waals surface area contributed by atoms with Gasteiger partial charge in [0, 0.05) is 29.4 Å². The summed E-state index contributed by atoms with van der Waals surface area (Å²) < 4.78 is 15.4. The normalized spacial score (nSPS) is 15.2. The van der Waals surface area contributed by atoms with E-state index in [1.54, 1.807) is 24.5 Å². The number of nitrogens with zero attached hydrogens (tertiary/aromatic N) is 3. The first-order valence-corrected chi connectivity index (χ1v) is 9.36. The largest absolute Gasteiger partial charge is 0.394 e. The molecule has 1 saturated heterocycles. The zero-order valence-electron chi connectivity index (χ0n) is 15.1. The summed E-state index contributed by atoms with van der Waals surface area (Å²) in [4.78, 5) is 4.14. The van der Waals surface area contributed by atoms with E-state index in [1.807, 2.05) is 16.8 Å². The molecule has 0 aliphatic carbocycles. The highest BCUT2D eigenvalue weighted by atomic mass is 19.1. The van der Waals surface area contributed by atoms with Gasteiger partial charge in [-0.25, -0.2) is 4.39 Å². The number of benzene rings is 1. The third-order valence-electron chi connectivity index (χ3n) is 5.12. The molecule has 0 amide bonds. The average Bonchev–Trinajstić information content (AvgIpc) is 3.09. The Morgan fingerprint density at radius 3 is 2.41 bits per heavy atom. The van der Waals surface area contributed by atoms with E-state index < -0.39 is 0 Å². The van der Waals surface area contributed by atoms with E-state index in [0.29, 0.717) is 12.5 Å². The van der Waals surface area contributed by atoms with Gasteiger partial charge in [0.2, 0.25) is 0 Å². The molecular formula is C21H23FN4O. The molecule has 3 aromatic rings. The topological polar surface area (TPSA) is 63.0 Å². The average molecular weight is 366 g/mol.